The molecule has 0 bridgehead atoms. The largest absolute Gasteiger partial charge is 0.458 e. The second-order valence-electron chi connectivity index (χ2n) is 8.34. The number of nitrogens with zero attached hydrogens (tertiary/aromatic N) is 1. The van der Waals surface area contributed by atoms with Crippen molar-refractivity contribution >= 4 is 21.9 Å². The number of aromatic nitrogens is 1. The maximum Gasteiger partial charge on any atom is 0.332 e. The summed E-state index contributed by atoms with van der Waals surface area (Å²) in [6.45, 7) is 7.69. The molecular formula is C19H27BrN2O3. The summed E-state index contributed by atoms with van der Waals surface area (Å²) in [5.74, 6) is -0.316. The van der Waals surface area contributed by atoms with Gasteiger partial charge in [-0.05, 0) is 87.0 Å². The van der Waals surface area contributed by atoms with E-state index in [0.717, 1.165) is 48.9 Å². The maximum absolute atomic E-state index is 12.1. The van der Waals surface area contributed by atoms with E-state index in [1.54, 1.807) is 0 Å². The number of esters is 1. The van der Waals surface area contributed by atoms with Crippen molar-refractivity contribution in [3.8, 4) is 0 Å². The standard InChI is InChI=1S/C19H27BrN2O3/c1-17(2,3)25-16(23)11-24-19(14-4-5-15(20)22-10-14)12-18(13-19)6-8-21-9-7-18/h4-5,10,21H,6-9,11-13H2,1-3H3. The Morgan fingerprint density at radius 1 is 1.28 bits per heavy atom. The number of hydrogen-bond acceptors (Lipinski definition) is 5. The van der Waals surface area contributed by atoms with Crippen molar-refractivity contribution in [3.05, 3.63) is 28.5 Å². The second-order valence-corrected chi connectivity index (χ2v) is 9.16. The molecule has 0 amide bonds. The Kier molecular flexibility index (Phi) is 5.24. The molecule has 0 unspecified atom stereocenters. The Labute approximate surface area is 158 Å². The third-order valence-electron chi connectivity index (χ3n) is 5.13. The van der Waals surface area contributed by atoms with Crippen molar-refractivity contribution in [3.63, 3.8) is 0 Å². The van der Waals surface area contributed by atoms with Gasteiger partial charge in [0.05, 0.1) is 5.60 Å². The topological polar surface area (TPSA) is 60.5 Å². The van der Waals surface area contributed by atoms with E-state index in [9.17, 15) is 4.79 Å². The first-order chi connectivity index (χ1) is 11.7. The first-order valence-electron chi connectivity index (χ1n) is 8.91. The fraction of sp³-hybridized carbons (Fsp3) is 0.684. The number of carbonyl (C=O) groups excluding carboxylic acids is 1. The normalized spacial score (nSPS) is 21.6. The van der Waals surface area contributed by atoms with Gasteiger partial charge < -0.3 is 14.8 Å². The highest BCUT2D eigenvalue weighted by Gasteiger charge is 2.56. The van der Waals surface area contributed by atoms with Gasteiger partial charge in [0.1, 0.15) is 16.8 Å². The number of pyridine rings is 1. The summed E-state index contributed by atoms with van der Waals surface area (Å²) in [4.78, 5) is 16.5. The van der Waals surface area contributed by atoms with Gasteiger partial charge in [0.25, 0.3) is 0 Å². The zero-order valence-electron chi connectivity index (χ0n) is 15.2. The Morgan fingerprint density at radius 2 is 1.96 bits per heavy atom. The molecule has 6 heteroatoms. The molecule has 0 atom stereocenters. The van der Waals surface area contributed by atoms with Crippen LogP contribution in [0.3, 0.4) is 0 Å². The molecule has 0 radical (unpaired) electrons. The summed E-state index contributed by atoms with van der Waals surface area (Å²) < 4.78 is 12.4. The number of hydrogen-bond donors (Lipinski definition) is 1. The molecule has 138 valence electrons. The lowest BCUT2D eigenvalue weighted by atomic mass is 9.53. The van der Waals surface area contributed by atoms with Gasteiger partial charge in [-0.25, -0.2) is 9.78 Å². The van der Waals surface area contributed by atoms with E-state index in [2.05, 4.69) is 26.2 Å². The Hall–Kier alpha value is -0.980. The molecule has 1 aliphatic carbocycles. The summed E-state index contributed by atoms with van der Waals surface area (Å²) in [6.07, 6.45) is 6.05. The minimum atomic E-state index is -0.497. The van der Waals surface area contributed by atoms with Crippen molar-refractivity contribution in [2.75, 3.05) is 19.7 Å². The van der Waals surface area contributed by atoms with Crippen LogP contribution in [0.2, 0.25) is 0 Å². The average Bonchev–Trinajstić information content (AvgIpc) is 2.51. The van der Waals surface area contributed by atoms with Crippen LogP contribution in [0.4, 0.5) is 0 Å². The van der Waals surface area contributed by atoms with Crippen molar-refractivity contribution in [1.29, 1.82) is 0 Å². The fourth-order valence-electron chi connectivity index (χ4n) is 4.07. The molecule has 3 rings (SSSR count). The van der Waals surface area contributed by atoms with E-state index in [1.807, 2.05) is 39.1 Å². The van der Waals surface area contributed by atoms with Crippen LogP contribution in [0.1, 0.15) is 52.0 Å². The van der Waals surface area contributed by atoms with E-state index >= 15 is 0 Å². The van der Waals surface area contributed by atoms with Crippen LogP contribution < -0.4 is 5.32 Å². The van der Waals surface area contributed by atoms with Crippen LogP contribution in [-0.4, -0.2) is 36.3 Å². The van der Waals surface area contributed by atoms with Gasteiger partial charge in [0.2, 0.25) is 0 Å². The van der Waals surface area contributed by atoms with Crippen molar-refractivity contribution < 1.29 is 14.3 Å². The molecular weight excluding hydrogens is 384 g/mol. The minimum Gasteiger partial charge on any atom is -0.458 e. The third-order valence-corrected chi connectivity index (χ3v) is 5.59. The van der Waals surface area contributed by atoms with E-state index in [0.29, 0.717) is 5.41 Å². The minimum absolute atomic E-state index is 0.0261. The molecule has 1 aromatic heterocycles. The van der Waals surface area contributed by atoms with Gasteiger partial charge in [0.15, 0.2) is 0 Å². The molecule has 1 aliphatic heterocycles. The smallest absolute Gasteiger partial charge is 0.332 e. The summed E-state index contributed by atoms with van der Waals surface area (Å²) in [7, 11) is 0. The van der Waals surface area contributed by atoms with Crippen LogP contribution >= 0.6 is 15.9 Å². The van der Waals surface area contributed by atoms with Gasteiger partial charge in [-0.1, -0.05) is 6.07 Å². The lowest BCUT2D eigenvalue weighted by molar-refractivity contribution is -0.202. The zero-order valence-corrected chi connectivity index (χ0v) is 16.8. The average molecular weight is 411 g/mol. The van der Waals surface area contributed by atoms with Crippen LogP contribution in [0, 0.1) is 5.41 Å². The Bertz CT molecular complexity index is 611. The highest BCUT2D eigenvalue weighted by Crippen LogP contribution is 2.60. The number of carbonyl (C=O) groups is 1. The lowest BCUT2D eigenvalue weighted by Crippen LogP contribution is -2.55. The van der Waals surface area contributed by atoms with E-state index in [4.69, 9.17) is 9.47 Å². The zero-order chi connectivity index (χ0) is 18.1. The number of halogens is 1. The monoisotopic (exact) mass is 410 g/mol. The molecule has 2 fully saturated rings. The van der Waals surface area contributed by atoms with Crippen molar-refractivity contribution in [1.82, 2.24) is 10.3 Å². The molecule has 1 saturated heterocycles. The van der Waals surface area contributed by atoms with Crippen molar-refractivity contribution in [2.45, 2.75) is 57.7 Å². The van der Waals surface area contributed by atoms with E-state index in [-0.39, 0.29) is 12.6 Å². The number of ether oxygens (including phenoxy) is 2. The summed E-state index contributed by atoms with van der Waals surface area (Å²) in [6, 6.07) is 3.97. The number of rotatable bonds is 4. The predicted molar refractivity (Wildman–Crippen MR) is 99.2 cm³/mol. The molecule has 1 spiro atoms. The third kappa shape index (κ3) is 4.41. The van der Waals surface area contributed by atoms with Gasteiger partial charge in [-0.15, -0.1) is 0 Å². The SMILES string of the molecule is CC(C)(C)OC(=O)COC1(c2ccc(Br)nc2)CC2(CCNCC2)C1. The second kappa shape index (κ2) is 6.97. The summed E-state index contributed by atoms with van der Waals surface area (Å²) >= 11 is 3.38. The molecule has 2 heterocycles. The van der Waals surface area contributed by atoms with Crippen LogP contribution in [-0.2, 0) is 19.9 Å². The molecule has 1 N–H and O–H groups in total. The van der Waals surface area contributed by atoms with E-state index in [1.165, 1.54) is 0 Å². The summed E-state index contributed by atoms with van der Waals surface area (Å²) in [5.41, 5.74) is 0.444. The molecule has 2 aliphatic rings. The molecule has 1 aromatic rings. The van der Waals surface area contributed by atoms with Crippen LogP contribution in [0.15, 0.2) is 22.9 Å². The Balaban J connectivity index is 1.72. The van der Waals surface area contributed by atoms with Gasteiger partial charge in [-0.3, -0.25) is 0 Å². The quantitative estimate of drug-likeness (QED) is 0.607. The highest BCUT2D eigenvalue weighted by molar-refractivity contribution is 9.10. The van der Waals surface area contributed by atoms with Crippen LogP contribution in [0.25, 0.3) is 0 Å². The summed E-state index contributed by atoms with van der Waals surface area (Å²) in [5, 5.41) is 3.43. The maximum atomic E-state index is 12.1. The first kappa shape index (κ1) is 18.8. The van der Waals surface area contributed by atoms with Gasteiger partial charge >= 0.3 is 5.97 Å². The lowest BCUT2D eigenvalue weighted by Gasteiger charge is -2.57. The molecule has 0 aromatic carbocycles. The highest BCUT2D eigenvalue weighted by atomic mass is 79.9. The fourth-order valence-corrected chi connectivity index (χ4v) is 4.31. The molecule has 1 saturated carbocycles. The van der Waals surface area contributed by atoms with Gasteiger partial charge in [0, 0.05) is 11.8 Å². The van der Waals surface area contributed by atoms with E-state index < -0.39 is 11.2 Å². The Morgan fingerprint density at radius 3 is 2.52 bits per heavy atom. The number of piperidine rings is 1. The number of nitrogens with one attached hydrogen (secondary N) is 1. The van der Waals surface area contributed by atoms with Crippen LogP contribution in [0.5, 0.6) is 0 Å². The molecule has 5 nitrogen and oxygen atoms in total. The molecule has 25 heavy (non-hydrogen) atoms. The van der Waals surface area contributed by atoms with Gasteiger partial charge in [-0.2, -0.15) is 0 Å². The van der Waals surface area contributed by atoms with Crippen molar-refractivity contribution in [2.24, 2.45) is 5.41 Å². The predicted octanol–water partition coefficient (Wildman–Crippen LogP) is 3.56. The first-order valence-corrected chi connectivity index (χ1v) is 9.70.